The number of unbranched alkanes of at least 4 members (excludes halogenated alkanes) is 1. The molecule has 0 unspecified atom stereocenters. The lowest BCUT2D eigenvalue weighted by Crippen LogP contribution is -2.16. The van der Waals surface area contributed by atoms with E-state index in [1.54, 1.807) is 7.11 Å². The summed E-state index contributed by atoms with van der Waals surface area (Å²) in [7, 11) is -1.36. The van der Waals surface area contributed by atoms with Crippen molar-refractivity contribution < 1.29 is 13.2 Å². The van der Waals surface area contributed by atoms with E-state index in [9.17, 15) is 8.42 Å². The van der Waals surface area contributed by atoms with Crippen molar-refractivity contribution in [2.45, 2.75) is 32.6 Å². The largest absolute Gasteiger partial charge is 0.496 e. The molecule has 0 N–H and O–H groups in total. The van der Waals surface area contributed by atoms with Crippen LogP contribution in [0, 0.1) is 0 Å². The minimum Gasteiger partial charge on any atom is -0.496 e. The van der Waals surface area contributed by atoms with Crippen LogP contribution in [0.25, 0.3) is 0 Å². The molecule has 0 aliphatic heterocycles. The summed E-state index contributed by atoms with van der Waals surface area (Å²) in [6.45, 7) is 3.93. The molecule has 0 heterocycles. The van der Waals surface area contributed by atoms with Crippen molar-refractivity contribution in [1.29, 1.82) is 0 Å². The molecule has 0 aliphatic rings. The first-order valence-corrected chi connectivity index (χ1v) is 8.15. The molecular formula is C14H22O3S. The molecule has 4 heteroatoms. The molecule has 1 rings (SSSR count). The molecule has 0 bridgehead atoms. The van der Waals surface area contributed by atoms with Gasteiger partial charge >= 0.3 is 0 Å². The van der Waals surface area contributed by atoms with Crippen molar-refractivity contribution in [3.05, 3.63) is 29.8 Å². The van der Waals surface area contributed by atoms with E-state index in [2.05, 4.69) is 0 Å². The Hall–Kier alpha value is -1.03. The Labute approximate surface area is 110 Å². The van der Waals surface area contributed by atoms with Gasteiger partial charge in [-0.2, -0.15) is 0 Å². The number of rotatable bonds is 7. The lowest BCUT2D eigenvalue weighted by Gasteiger charge is -2.15. The Morgan fingerprint density at radius 3 is 2.56 bits per heavy atom. The van der Waals surface area contributed by atoms with Crippen LogP contribution in [0.4, 0.5) is 0 Å². The molecule has 0 spiro atoms. The quantitative estimate of drug-likeness (QED) is 0.765. The molecule has 0 saturated heterocycles. The summed E-state index contributed by atoms with van der Waals surface area (Å²) >= 11 is 0. The van der Waals surface area contributed by atoms with Crippen LogP contribution in [-0.2, 0) is 9.84 Å². The molecule has 1 aromatic rings. The highest BCUT2D eigenvalue weighted by molar-refractivity contribution is 7.91. The maximum absolute atomic E-state index is 11.9. The molecule has 3 nitrogen and oxygen atoms in total. The topological polar surface area (TPSA) is 43.4 Å². The average Bonchev–Trinajstić information content (AvgIpc) is 2.35. The summed E-state index contributed by atoms with van der Waals surface area (Å²) in [4.78, 5) is 0. The molecule has 0 fully saturated rings. The van der Waals surface area contributed by atoms with E-state index in [1.807, 2.05) is 38.1 Å². The highest BCUT2D eigenvalue weighted by atomic mass is 32.2. The van der Waals surface area contributed by atoms with E-state index < -0.39 is 9.84 Å². The number of hydrogen-bond donors (Lipinski definition) is 0. The molecule has 18 heavy (non-hydrogen) atoms. The van der Waals surface area contributed by atoms with Gasteiger partial charge in [0.1, 0.15) is 5.75 Å². The molecule has 0 aromatic heterocycles. The summed E-state index contributed by atoms with van der Waals surface area (Å²) in [5.74, 6) is 1.19. The van der Waals surface area contributed by atoms with Crippen LogP contribution < -0.4 is 4.74 Å². The van der Waals surface area contributed by atoms with Crippen molar-refractivity contribution in [3.63, 3.8) is 0 Å². The molecule has 1 atom stereocenters. The fourth-order valence-electron chi connectivity index (χ4n) is 1.99. The van der Waals surface area contributed by atoms with E-state index in [4.69, 9.17) is 4.74 Å². The number of methoxy groups -OCH3 is 1. The minimum absolute atomic E-state index is 0.0389. The van der Waals surface area contributed by atoms with E-state index >= 15 is 0 Å². The maximum Gasteiger partial charge on any atom is 0.150 e. The SMILES string of the molecule is CCCCS(=O)(=O)C[C@H](C)c1ccccc1OC. The predicted molar refractivity (Wildman–Crippen MR) is 75.0 cm³/mol. The number of para-hydroxylation sites is 1. The van der Waals surface area contributed by atoms with Crippen LogP contribution in [0.2, 0.25) is 0 Å². The normalized spacial score (nSPS) is 13.3. The second-order valence-corrected chi connectivity index (χ2v) is 6.84. The fourth-order valence-corrected chi connectivity index (χ4v) is 3.83. The molecule has 0 radical (unpaired) electrons. The van der Waals surface area contributed by atoms with Crippen LogP contribution in [0.5, 0.6) is 5.75 Å². The summed E-state index contributed by atoms with van der Waals surface area (Å²) < 4.78 is 29.1. The number of hydrogen-bond acceptors (Lipinski definition) is 3. The lowest BCUT2D eigenvalue weighted by atomic mass is 10.0. The van der Waals surface area contributed by atoms with E-state index in [0.29, 0.717) is 0 Å². The first kappa shape index (κ1) is 15.0. The third kappa shape index (κ3) is 4.33. The van der Waals surface area contributed by atoms with Gasteiger partial charge in [-0.15, -0.1) is 0 Å². The van der Waals surface area contributed by atoms with Gasteiger partial charge in [0.05, 0.1) is 18.6 Å². The Morgan fingerprint density at radius 1 is 1.28 bits per heavy atom. The molecular weight excluding hydrogens is 248 g/mol. The van der Waals surface area contributed by atoms with Crippen LogP contribution in [-0.4, -0.2) is 27.0 Å². The monoisotopic (exact) mass is 270 g/mol. The van der Waals surface area contributed by atoms with Gasteiger partial charge < -0.3 is 4.74 Å². The van der Waals surface area contributed by atoms with Gasteiger partial charge in [-0.1, -0.05) is 38.5 Å². The summed E-state index contributed by atoms with van der Waals surface area (Å²) in [6, 6.07) is 7.59. The van der Waals surface area contributed by atoms with Gasteiger partial charge in [0.2, 0.25) is 0 Å². The maximum atomic E-state index is 11.9. The van der Waals surface area contributed by atoms with E-state index in [1.165, 1.54) is 0 Å². The van der Waals surface area contributed by atoms with Gasteiger partial charge in [0.15, 0.2) is 9.84 Å². The fraction of sp³-hybridized carbons (Fsp3) is 0.571. The zero-order valence-electron chi connectivity index (χ0n) is 11.3. The Bertz CT molecular complexity index is 466. The van der Waals surface area contributed by atoms with E-state index in [-0.39, 0.29) is 17.4 Å². The lowest BCUT2D eigenvalue weighted by molar-refractivity contribution is 0.407. The molecule has 102 valence electrons. The van der Waals surface area contributed by atoms with Crippen LogP contribution in [0.1, 0.15) is 38.2 Å². The predicted octanol–water partition coefficient (Wildman–Crippen LogP) is 3.01. The molecule has 1 aromatic carbocycles. The van der Waals surface area contributed by atoms with Crippen molar-refractivity contribution in [2.24, 2.45) is 0 Å². The van der Waals surface area contributed by atoms with Crippen molar-refractivity contribution >= 4 is 9.84 Å². The Balaban J connectivity index is 2.79. The molecule has 0 saturated carbocycles. The third-order valence-corrected chi connectivity index (χ3v) is 4.90. The first-order chi connectivity index (χ1) is 8.50. The van der Waals surface area contributed by atoms with Gasteiger partial charge in [0, 0.05) is 0 Å². The second kappa shape index (κ2) is 6.78. The minimum atomic E-state index is -2.97. The van der Waals surface area contributed by atoms with E-state index in [0.717, 1.165) is 24.2 Å². The summed E-state index contributed by atoms with van der Waals surface area (Å²) in [6.07, 6.45) is 1.64. The molecule has 0 aliphatic carbocycles. The number of benzene rings is 1. The number of ether oxygens (including phenoxy) is 1. The van der Waals surface area contributed by atoms with Crippen molar-refractivity contribution in [3.8, 4) is 5.75 Å². The highest BCUT2D eigenvalue weighted by Gasteiger charge is 2.19. The summed E-state index contributed by atoms with van der Waals surface area (Å²) in [5.41, 5.74) is 0.958. The standard InChI is InChI=1S/C14H22O3S/c1-4-5-10-18(15,16)11-12(2)13-8-6-7-9-14(13)17-3/h6-9,12H,4-5,10-11H2,1-3H3/t12-/m0/s1. The zero-order valence-corrected chi connectivity index (χ0v) is 12.2. The Kier molecular flexibility index (Phi) is 5.66. The van der Waals surface area contributed by atoms with Crippen molar-refractivity contribution in [1.82, 2.24) is 0 Å². The van der Waals surface area contributed by atoms with Crippen LogP contribution in [0.3, 0.4) is 0 Å². The van der Waals surface area contributed by atoms with Gasteiger partial charge in [-0.25, -0.2) is 8.42 Å². The molecule has 0 amide bonds. The number of sulfone groups is 1. The van der Waals surface area contributed by atoms with Gasteiger partial charge in [-0.3, -0.25) is 0 Å². The van der Waals surface area contributed by atoms with Gasteiger partial charge in [0.25, 0.3) is 0 Å². The summed E-state index contributed by atoms with van der Waals surface area (Å²) in [5, 5.41) is 0. The zero-order chi connectivity index (χ0) is 13.6. The average molecular weight is 270 g/mol. The smallest absolute Gasteiger partial charge is 0.150 e. The van der Waals surface area contributed by atoms with Gasteiger partial charge in [-0.05, 0) is 24.0 Å². The van der Waals surface area contributed by atoms with Crippen LogP contribution >= 0.6 is 0 Å². The van der Waals surface area contributed by atoms with Crippen LogP contribution in [0.15, 0.2) is 24.3 Å². The first-order valence-electron chi connectivity index (χ1n) is 6.33. The third-order valence-electron chi connectivity index (χ3n) is 2.98. The van der Waals surface area contributed by atoms with Crippen molar-refractivity contribution in [2.75, 3.05) is 18.6 Å². The Morgan fingerprint density at radius 2 is 1.94 bits per heavy atom. The highest BCUT2D eigenvalue weighted by Crippen LogP contribution is 2.27. The second-order valence-electron chi connectivity index (χ2n) is 4.61.